The number of carboxylic acids is 1. The number of aromatic nitrogens is 1. The second kappa shape index (κ2) is 6.60. The SMILES string of the molecule is CCc1nc(CN(C)CCCC(=O)O)cs1. The second-order valence-corrected chi connectivity index (χ2v) is 4.76. The van der Waals surface area contributed by atoms with Crippen LogP contribution in [0.15, 0.2) is 5.38 Å². The zero-order valence-electron chi connectivity index (χ0n) is 9.77. The van der Waals surface area contributed by atoms with Gasteiger partial charge >= 0.3 is 5.97 Å². The highest BCUT2D eigenvalue weighted by atomic mass is 32.1. The molecular formula is C11H18N2O2S. The molecule has 0 aliphatic carbocycles. The lowest BCUT2D eigenvalue weighted by molar-refractivity contribution is -0.137. The first-order valence-corrected chi connectivity index (χ1v) is 6.33. The van der Waals surface area contributed by atoms with Crippen molar-refractivity contribution in [2.45, 2.75) is 32.7 Å². The number of hydrogen-bond acceptors (Lipinski definition) is 4. The van der Waals surface area contributed by atoms with Gasteiger partial charge in [-0.1, -0.05) is 6.92 Å². The Morgan fingerprint density at radius 1 is 1.62 bits per heavy atom. The van der Waals surface area contributed by atoms with E-state index in [9.17, 15) is 4.79 Å². The number of carboxylic acid groups (broad SMARTS) is 1. The van der Waals surface area contributed by atoms with Crippen LogP contribution in [0.4, 0.5) is 0 Å². The minimum Gasteiger partial charge on any atom is -0.481 e. The van der Waals surface area contributed by atoms with Crippen LogP contribution < -0.4 is 0 Å². The molecule has 1 rings (SSSR count). The topological polar surface area (TPSA) is 53.4 Å². The number of aliphatic carboxylic acids is 1. The zero-order valence-corrected chi connectivity index (χ0v) is 10.6. The fraction of sp³-hybridized carbons (Fsp3) is 0.636. The Kier molecular flexibility index (Phi) is 5.42. The lowest BCUT2D eigenvalue weighted by Crippen LogP contribution is -2.20. The summed E-state index contributed by atoms with van der Waals surface area (Å²) in [5.41, 5.74) is 1.08. The third kappa shape index (κ3) is 4.72. The molecule has 0 fully saturated rings. The van der Waals surface area contributed by atoms with Gasteiger partial charge in [0.05, 0.1) is 10.7 Å². The van der Waals surface area contributed by atoms with E-state index >= 15 is 0 Å². The Morgan fingerprint density at radius 2 is 2.38 bits per heavy atom. The van der Waals surface area contributed by atoms with Gasteiger partial charge in [-0.05, 0) is 26.4 Å². The van der Waals surface area contributed by atoms with Crippen LogP contribution in [0.1, 0.15) is 30.5 Å². The predicted octanol–water partition coefficient (Wildman–Crippen LogP) is 2.00. The molecule has 16 heavy (non-hydrogen) atoms. The van der Waals surface area contributed by atoms with Gasteiger partial charge in [0.1, 0.15) is 0 Å². The quantitative estimate of drug-likeness (QED) is 0.794. The van der Waals surface area contributed by atoms with Crippen LogP contribution >= 0.6 is 11.3 Å². The molecule has 0 saturated carbocycles. The number of thiazole rings is 1. The van der Waals surface area contributed by atoms with Gasteiger partial charge in [0, 0.05) is 18.3 Å². The molecule has 0 radical (unpaired) electrons. The fourth-order valence-corrected chi connectivity index (χ4v) is 2.18. The maximum atomic E-state index is 10.4. The summed E-state index contributed by atoms with van der Waals surface area (Å²) < 4.78 is 0. The van der Waals surface area contributed by atoms with E-state index in [0.29, 0.717) is 6.42 Å². The Balaban J connectivity index is 2.28. The van der Waals surface area contributed by atoms with Crippen molar-refractivity contribution in [3.05, 3.63) is 16.1 Å². The summed E-state index contributed by atoms with van der Waals surface area (Å²) in [6, 6.07) is 0. The molecule has 1 N–H and O–H groups in total. The van der Waals surface area contributed by atoms with Crippen molar-refractivity contribution in [1.29, 1.82) is 0 Å². The highest BCUT2D eigenvalue weighted by molar-refractivity contribution is 7.09. The zero-order chi connectivity index (χ0) is 12.0. The lowest BCUT2D eigenvalue weighted by atomic mass is 10.3. The molecule has 0 aliphatic heterocycles. The third-order valence-corrected chi connectivity index (χ3v) is 3.31. The number of hydrogen-bond donors (Lipinski definition) is 1. The van der Waals surface area contributed by atoms with E-state index in [4.69, 9.17) is 5.11 Å². The average molecular weight is 242 g/mol. The number of rotatable bonds is 7. The smallest absolute Gasteiger partial charge is 0.303 e. The van der Waals surface area contributed by atoms with Crippen LogP contribution in [0.3, 0.4) is 0 Å². The molecule has 0 bridgehead atoms. The van der Waals surface area contributed by atoms with Crippen molar-refractivity contribution in [2.24, 2.45) is 0 Å². The highest BCUT2D eigenvalue weighted by Crippen LogP contribution is 2.11. The molecule has 0 atom stereocenters. The first-order valence-electron chi connectivity index (χ1n) is 5.45. The van der Waals surface area contributed by atoms with E-state index in [0.717, 1.165) is 30.2 Å². The van der Waals surface area contributed by atoms with Crippen molar-refractivity contribution in [1.82, 2.24) is 9.88 Å². The first-order chi connectivity index (χ1) is 7.61. The van der Waals surface area contributed by atoms with Gasteiger partial charge in [0.15, 0.2) is 0 Å². The van der Waals surface area contributed by atoms with E-state index < -0.39 is 5.97 Å². The van der Waals surface area contributed by atoms with Gasteiger partial charge < -0.3 is 10.0 Å². The Hall–Kier alpha value is -0.940. The molecule has 0 saturated heterocycles. The van der Waals surface area contributed by atoms with Gasteiger partial charge in [-0.25, -0.2) is 4.98 Å². The van der Waals surface area contributed by atoms with Gasteiger partial charge in [-0.15, -0.1) is 11.3 Å². The van der Waals surface area contributed by atoms with E-state index in [2.05, 4.69) is 22.2 Å². The van der Waals surface area contributed by atoms with Crippen LogP contribution in [-0.2, 0) is 17.8 Å². The van der Waals surface area contributed by atoms with Crippen LogP contribution in [0.25, 0.3) is 0 Å². The van der Waals surface area contributed by atoms with E-state index in [1.54, 1.807) is 11.3 Å². The summed E-state index contributed by atoms with van der Waals surface area (Å²) in [6.07, 6.45) is 1.91. The molecular weight excluding hydrogens is 224 g/mol. The van der Waals surface area contributed by atoms with Crippen LogP contribution in [0.2, 0.25) is 0 Å². The maximum absolute atomic E-state index is 10.4. The molecule has 5 heteroatoms. The molecule has 90 valence electrons. The van der Waals surface area contributed by atoms with Gasteiger partial charge in [0.25, 0.3) is 0 Å². The molecule has 1 aromatic rings. The summed E-state index contributed by atoms with van der Waals surface area (Å²) >= 11 is 1.69. The van der Waals surface area contributed by atoms with E-state index in [-0.39, 0.29) is 6.42 Å². The average Bonchev–Trinajstić information content (AvgIpc) is 2.65. The summed E-state index contributed by atoms with van der Waals surface area (Å²) in [4.78, 5) is 16.9. The minimum atomic E-state index is -0.727. The maximum Gasteiger partial charge on any atom is 0.303 e. The van der Waals surface area contributed by atoms with Crippen molar-refractivity contribution >= 4 is 17.3 Å². The Bertz CT molecular complexity index is 338. The molecule has 0 aliphatic rings. The summed E-state index contributed by atoms with van der Waals surface area (Å²) in [6.45, 7) is 3.70. The monoisotopic (exact) mass is 242 g/mol. The lowest BCUT2D eigenvalue weighted by Gasteiger charge is -2.14. The van der Waals surface area contributed by atoms with Crippen molar-refractivity contribution in [3.63, 3.8) is 0 Å². The van der Waals surface area contributed by atoms with Crippen molar-refractivity contribution in [2.75, 3.05) is 13.6 Å². The fourth-order valence-electron chi connectivity index (χ4n) is 1.44. The molecule has 0 aromatic carbocycles. The molecule has 0 unspecified atom stereocenters. The second-order valence-electron chi connectivity index (χ2n) is 3.82. The number of aryl methyl sites for hydroxylation is 1. The Morgan fingerprint density at radius 3 is 2.94 bits per heavy atom. The van der Waals surface area contributed by atoms with E-state index in [1.165, 1.54) is 0 Å². The molecule has 1 aromatic heterocycles. The molecule has 0 spiro atoms. The van der Waals surface area contributed by atoms with Gasteiger partial charge in [-0.3, -0.25) is 4.79 Å². The largest absolute Gasteiger partial charge is 0.481 e. The Labute approximate surface area is 99.9 Å². The summed E-state index contributed by atoms with van der Waals surface area (Å²) in [5, 5.41) is 11.8. The third-order valence-electron chi connectivity index (χ3n) is 2.26. The predicted molar refractivity (Wildman–Crippen MR) is 64.7 cm³/mol. The van der Waals surface area contributed by atoms with Crippen LogP contribution in [0, 0.1) is 0 Å². The first kappa shape index (κ1) is 13.1. The van der Waals surface area contributed by atoms with Crippen LogP contribution in [-0.4, -0.2) is 34.6 Å². The van der Waals surface area contributed by atoms with Gasteiger partial charge in [0.2, 0.25) is 0 Å². The summed E-state index contributed by atoms with van der Waals surface area (Å²) in [7, 11) is 1.99. The molecule has 0 amide bonds. The molecule has 1 heterocycles. The minimum absolute atomic E-state index is 0.238. The van der Waals surface area contributed by atoms with Gasteiger partial charge in [-0.2, -0.15) is 0 Å². The summed E-state index contributed by atoms with van der Waals surface area (Å²) in [5.74, 6) is -0.727. The number of carbonyl (C=O) groups is 1. The molecule has 4 nitrogen and oxygen atoms in total. The standard InChI is InChI=1S/C11H18N2O2S/c1-3-10-12-9(8-16-10)7-13(2)6-4-5-11(14)15/h8H,3-7H2,1-2H3,(H,14,15). The van der Waals surface area contributed by atoms with Crippen molar-refractivity contribution in [3.8, 4) is 0 Å². The number of nitrogens with zero attached hydrogens (tertiary/aromatic N) is 2. The van der Waals surface area contributed by atoms with E-state index in [1.807, 2.05) is 7.05 Å². The highest BCUT2D eigenvalue weighted by Gasteiger charge is 2.05. The normalized spacial score (nSPS) is 10.9. The van der Waals surface area contributed by atoms with Crippen molar-refractivity contribution < 1.29 is 9.90 Å². The van der Waals surface area contributed by atoms with Crippen LogP contribution in [0.5, 0.6) is 0 Å².